The summed E-state index contributed by atoms with van der Waals surface area (Å²) in [5.41, 5.74) is 0. The van der Waals surface area contributed by atoms with E-state index in [1.54, 1.807) is 0 Å². The maximum Gasteiger partial charge on any atom is 2.00 e. The average molecular weight is 146 g/mol. The summed E-state index contributed by atoms with van der Waals surface area (Å²) in [4.78, 5) is 8.68. The Morgan fingerprint density at radius 1 is 1.75 bits per heavy atom. The molecule has 1 nitrogen and oxygen atoms in total. The minimum Gasteiger partial charge on any atom is -0.542 e. The summed E-state index contributed by atoms with van der Waals surface area (Å²) in [5.74, 6) is 0. The first-order valence-corrected chi connectivity index (χ1v) is 0.704. The van der Waals surface area contributed by atoms with Crippen LogP contribution in [0.15, 0.2) is 0 Å². The second-order valence-electron chi connectivity index (χ2n) is 0.204. The van der Waals surface area contributed by atoms with E-state index in [0.717, 1.165) is 0 Å². The van der Waals surface area contributed by atoms with Gasteiger partial charge in [-0.25, -0.2) is 0 Å². The van der Waals surface area contributed by atoms with Crippen molar-refractivity contribution in [1.29, 1.82) is 0 Å². The van der Waals surface area contributed by atoms with E-state index in [1.807, 2.05) is 0 Å². The van der Waals surface area contributed by atoms with Crippen LogP contribution in [0.2, 0.25) is 0 Å². The molecule has 0 unspecified atom stereocenters. The monoisotopic (exact) mass is 146 g/mol. The van der Waals surface area contributed by atoms with E-state index in [2.05, 4.69) is 0 Å². The predicted molar refractivity (Wildman–Crippen MR) is 11.4 cm³/mol. The summed E-state index contributed by atoms with van der Waals surface area (Å²) in [6.45, 7) is 1.32. The quantitative estimate of drug-likeness (QED) is 0.350. The molecular formula is C2H3ORh+. The molecule has 0 fully saturated rings. The van der Waals surface area contributed by atoms with E-state index in [1.165, 1.54) is 13.2 Å². The summed E-state index contributed by atoms with van der Waals surface area (Å²) < 4.78 is 0. The van der Waals surface area contributed by atoms with Gasteiger partial charge in [-0.05, 0) is 0 Å². The van der Waals surface area contributed by atoms with Gasteiger partial charge in [0.05, 0.1) is 0 Å². The van der Waals surface area contributed by atoms with Crippen LogP contribution in [0.4, 0.5) is 0 Å². The Labute approximate surface area is 38.1 Å². The number of hydrogen-bond donors (Lipinski definition) is 0. The minimum absolute atomic E-state index is 0. The van der Waals surface area contributed by atoms with Gasteiger partial charge in [0.25, 0.3) is 0 Å². The third-order valence-corrected chi connectivity index (χ3v) is 0. The van der Waals surface area contributed by atoms with Gasteiger partial charge < -0.3 is 4.79 Å². The third-order valence-electron chi connectivity index (χ3n) is 0. The van der Waals surface area contributed by atoms with Crippen molar-refractivity contribution < 1.29 is 24.3 Å². The zero-order valence-electron chi connectivity index (χ0n) is 2.24. The molecule has 4 heavy (non-hydrogen) atoms. The van der Waals surface area contributed by atoms with Gasteiger partial charge in [0.1, 0.15) is 0 Å². The fourth-order valence-electron chi connectivity index (χ4n) is 0. The van der Waals surface area contributed by atoms with Crippen molar-refractivity contribution in [3.05, 3.63) is 0 Å². The molecule has 0 aromatic rings. The van der Waals surface area contributed by atoms with Gasteiger partial charge in [-0.3, -0.25) is 6.29 Å². The van der Waals surface area contributed by atoms with Crippen LogP contribution in [-0.4, -0.2) is 6.29 Å². The molecule has 25 valence electrons. The van der Waals surface area contributed by atoms with E-state index >= 15 is 0 Å². The summed E-state index contributed by atoms with van der Waals surface area (Å²) in [7, 11) is 0. The smallest absolute Gasteiger partial charge is 0.542 e. The Hall–Kier alpha value is 0.293. The molecule has 2 heteroatoms. The molecule has 0 saturated heterocycles. The standard InChI is InChI=1S/C2H3O.Rh/c1-2-3;/h1H3;/q-1;+2. The van der Waals surface area contributed by atoms with Crippen LogP contribution in [0.5, 0.6) is 0 Å². The molecule has 0 N–H and O–H groups in total. The summed E-state index contributed by atoms with van der Waals surface area (Å²) >= 11 is 0. The molecule has 0 aromatic carbocycles. The Bertz CT molecular complexity index is 13.5. The van der Waals surface area contributed by atoms with Crippen molar-refractivity contribution >= 4 is 6.29 Å². The van der Waals surface area contributed by atoms with Crippen LogP contribution in [0.3, 0.4) is 0 Å². The van der Waals surface area contributed by atoms with Crippen LogP contribution in [0.25, 0.3) is 0 Å². The van der Waals surface area contributed by atoms with Gasteiger partial charge in [-0.15, -0.1) is 0 Å². The van der Waals surface area contributed by atoms with Gasteiger partial charge in [-0.1, -0.05) is 0 Å². The summed E-state index contributed by atoms with van der Waals surface area (Å²) in [5, 5.41) is 0. The maximum atomic E-state index is 8.68. The molecule has 0 amide bonds. The van der Waals surface area contributed by atoms with E-state index in [0.29, 0.717) is 0 Å². The Morgan fingerprint density at radius 2 is 1.75 bits per heavy atom. The van der Waals surface area contributed by atoms with Crippen LogP contribution < -0.4 is 0 Å². The maximum absolute atomic E-state index is 8.68. The predicted octanol–water partition coefficient (Wildman–Crippen LogP) is 0.113. The first-order valence-electron chi connectivity index (χ1n) is 0.704. The van der Waals surface area contributed by atoms with Crippen LogP contribution in [0, 0.1) is 0 Å². The molecule has 0 aliphatic heterocycles. The van der Waals surface area contributed by atoms with Crippen LogP contribution in [-0.2, 0) is 24.3 Å². The third kappa shape index (κ3) is 44.6. The zero-order chi connectivity index (χ0) is 2.71. The Balaban J connectivity index is 0. The second kappa shape index (κ2) is 10.4. The molecule has 1 radical (unpaired) electrons. The van der Waals surface area contributed by atoms with Crippen molar-refractivity contribution in [1.82, 2.24) is 0 Å². The van der Waals surface area contributed by atoms with Gasteiger partial charge in [0.2, 0.25) is 0 Å². The number of carbonyl (C=O) groups excluding carboxylic acids is 1. The largest absolute Gasteiger partial charge is 2.00 e. The van der Waals surface area contributed by atoms with Gasteiger partial charge in [0, 0.05) is 0 Å². The number of hydrogen-bond acceptors (Lipinski definition) is 1. The molecule has 0 aromatic heterocycles. The van der Waals surface area contributed by atoms with Crippen molar-refractivity contribution in [2.24, 2.45) is 0 Å². The summed E-state index contributed by atoms with van der Waals surface area (Å²) in [6.07, 6.45) is 1.50. The van der Waals surface area contributed by atoms with Crippen LogP contribution in [0.1, 0.15) is 6.92 Å². The summed E-state index contributed by atoms with van der Waals surface area (Å²) in [6, 6.07) is 0. The van der Waals surface area contributed by atoms with Crippen molar-refractivity contribution in [3.8, 4) is 0 Å². The number of rotatable bonds is 0. The molecule has 0 heterocycles. The molecule has 0 aliphatic carbocycles. The fraction of sp³-hybridized carbons (Fsp3) is 0.500. The topological polar surface area (TPSA) is 17.1 Å². The Kier molecular flexibility index (Phi) is 22.9. The molecule has 0 rings (SSSR count). The van der Waals surface area contributed by atoms with Gasteiger partial charge in [0.15, 0.2) is 0 Å². The molecular weight excluding hydrogens is 143 g/mol. The molecule has 0 aliphatic rings. The SMILES string of the molecule is C[C-]=O.[Rh+2]. The fourth-order valence-corrected chi connectivity index (χ4v) is 0. The van der Waals surface area contributed by atoms with Crippen molar-refractivity contribution in [3.63, 3.8) is 0 Å². The Morgan fingerprint density at radius 3 is 1.75 bits per heavy atom. The molecule has 0 spiro atoms. The van der Waals surface area contributed by atoms with Gasteiger partial charge in [-0.2, -0.15) is 6.92 Å². The van der Waals surface area contributed by atoms with Gasteiger partial charge >= 0.3 is 19.5 Å². The molecule has 0 saturated carbocycles. The van der Waals surface area contributed by atoms with E-state index < -0.39 is 0 Å². The molecule has 0 bridgehead atoms. The molecule has 0 atom stereocenters. The van der Waals surface area contributed by atoms with Crippen molar-refractivity contribution in [2.45, 2.75) is 6.92 Å². The average Bonchev–Trinajstić information content (AvgIpc) is 0.918. The van der Waals surface area contributed by atoms with Crippen molar-refractivity contribution in [2.75, 3.05) is 0 Å². The van der Waals surface area contributed by atoms with E-state index in [9.17, 15) is 0 Å². The zero-order valence-corrected chi connectivity index (χ0v) is 3.88. The minimum atomic E-state index is 0. The van der Waals surface area contributed by atoms with E-state index in [4.69, 9.17) is 4.79 Å². The normalized spacial score (nSPS) is 3.25. The second-order valence-corrected chi connectivity index (χ2v) is 0.204. The first-order chi connectivity index (χ1) is 1.41. The van der Waals surface area contributed by atoms with E-state index in [-0.39, 0.29) is 19.5 Å². The van der Waals surface area contributed by atoms with Crippen LogP contribution >= 0.6 is 0 Å². The first kappa shape index (κ1) is 8.85.